The summed E-state index contributed by atoms with van der Waals surface area (Å²) in [6.07, 6.45) is 5.63. The number of aliphatic hydroxyl groups is 1. The fourth-order valence-electron chi connectivity index (χ4n) is 5.55. The summed E-state index contributed by atoms with van der Waals surface area (Å²) in [6, 6.07) is 9.25. The highest BCUT2D eigenvalue weighted by Crippen LogP contribution is 2.49. The van der Waals surface area contributed by atoms with Crippen LogP contribution in [-0.4, -0.2) is 57.0 Å². The van der Waals surface area contributed by atoms with Crippen molar-refractivity contribution in [3.05, 3.63) is 30.3 Å². The first-order valence-electron chi connectivity index (χ1n) is 16.4. The van der Waals surface area contributed by atoms with E-state index in [9.17, 15) is 14.7 Å². The minimum Gasteiger partial charge on any atom is -0.481 e. The van der Waals surface area contributed by atoms with Crippen LogP contribution in [0.4, 0.5) is 5.69 Å². The Labute approximate surface area is 263 Å². The number of rotatable bonds is 16. The number of anilines is 1. The number of benzene rings is 1. The zero-order chi connectivity index (χ0) is 32.6. The average Bonchev–Trinajstić information content (AvgIpc) is 3.17. The predicted octanol–water partition coefficient (Wildman–Crippen LogP) is 8.61. The van der Waals surface area contributed by atoms with Gasteiger partial charge in [-0.05, 0) is 92.3 Å². The molecular weight excluding hydrogens is 575 g/mol. The first-order chi connectivity index (χ1) is 19.7. The SMILES string of the molecule is CC(C)(C)[Si](C)(C)OC1C[C@H](O[Si](C)(C)C(C)(C)C)[C@H](CCCCCCC(=O)O)[C@H]1CCC(O)C(=O)Nc1ccccc1. The predicted molar refractivity (Wildman–Crippen MR) is 181 cm³/mol. The lowest BCUT2D eigenvalue weighted by Crippen LogP contribution is -2.45. The molecule has 5 atom stereocenters. The molecule has 1 aliphatic rings. The van der Waals surface area contributed by atoms with Crippen molar-refractivity contribution in [2.75, 3.05) is 5.32 Å². The summed E-state index contributed by atoms with van der Waals surface area (Å²) < 4.78 is 14.3. The van der Waals surface area contributed by atoms with Gasteiger partial charge in [0.05, 0.1) is 12.2 Å². The smallest absolute Gasteiger partial charge is 0.303 e. The van der Waals surface area contributed by atoms with Gasteiger partial charge in [-0.3, -0.25) is 9.59 Å². The monoisotopic (exact) mass is 635 g/mol. The number of carboxylic acids is 1. The van der Waals surface area contributed by atoms with Gasteiger partial charge in [-0.1, -0.05) is 79.0 Å². The van der Waals surface area contributed by atoms with Crippen molar-refractivity contribution in [1.29, 1.82) is 0 Å². The summed E-state index contributed by atoms with van der Waals surface area (Å²) in [6.45, 7) is 22.8. The van der Waals surface area contributed by atoms with E-state index in [1.165, 1.54) is 0 Å². The Balaban J connectivity index is 2.29. The molecule has 43 heavy (non-hydrogen) atoms. The maximum absolute atomic E-state index is 12.9. The number of aliphatic hydroxyl groups excluding tert-OH is 1. The summed E-state index contributed by atoms with van der Waals surface area (Å²) >= 11 is 0. The third kappa shape index (κ3) is 11.4. The highest BCUT2D eigenvalue weighted by molar-refractivity contribution is 6.74. The number of para-hydroxylation sites is 1. The van der Waals surface area contributed by atoms with Gasteiger partial charge < -0.3 is 24.4 Å². The Morgan fingerprint density at radius 1 is 0.837 bits per heavy atom. The van der Waals surface area contributed by atoms with Gasteiger partial charge >= 0.3 is 5.97 Å². The van der Waals surface area contributed by atoms with Crippen molar-refractivity contribution < 1.29 is 28.7 Å². The lowest BCUT2D eigenvalue weighted by atomic mass is 9.84. The molecular formula is C34H61NO6Si2. The molecule has 246 valence electrons. The van der Waals surface area contributed by atoms with Crippen LogP contribution in [0, 0.1) is 11.8 Å². The Morgan fingerprint density at radius 3 is 1.81 bits per heavy atom. The van der Waals surface area contributed by atoms with E-state index < -0.39 is 28.7 Å². The van der Waals surface area contributed by atoms with Crippen LogP contribution in [0.1, 0.15) is 99.3 Å². The number of aliphatic carboxylic acids is 1. The van der Waals surface area contributed by atoms with Gasteiger partial charge in [-0.2, -0.15) is 0 Å². The molecule has 0 radical (unpaired) electrons. The van der Waals surface area contributed by atoms with Crippen molar-refractivity contribution >= 4 is 34.2 Å². The van der Waals surface area contributed by atoms with Gasteiger partial charge in [0.2, 0.25) is 0 Å². The summed E-state index contributed by atoms with van der Waals surface area (Å²) in [5.41, 5.74) is 0.676. The van der Waals surface area contributed by atoms with Crippen LogP contribution < -0.4 is 5.32 Å². The van der Waals surface area contributed by atoms with Crippen molar-refractivity contribution in [2.45, 2.75) is 154 Å². The molecule has 1 saturated carbocycles. The second kappa shape index (κ2) is 15.7. The number of hydrogen-bond donors (Lipinski definition) is 3. The zero-order valence-electron chi connectivity index (χ0n) is 28.7. The number of carboxylic acid groups (broad SMARTS) is 1. The quantitative estimate of drug-likeness (QED) is 0.124. The molecule has 1 aliphatic carbocycles. The second-order valence-electron chi connectivity index (χ2n) is 15.7. The average molecular weight is 636 g/mol. The summed E-state index contributed by atoms with van der Waals surface area (Å²) in [4.78, 5) is 23.8. The number of unbranched alkanes of at least 4 members (excludes halogenated alkanes) is 3. The van der Waals surface area contributed by atoms with E-state index in [4.69, 9.17) is 14.0 Å². The topological polar surface area (TPSA) is 105 Å². The van der Waals surface area contributed by atoms with Crippen molar-refractivity contribution in [3.63, 3.8) is 0 Å². The standard InChI is InChI=1S/C34H61NO6Si2/c1-33(2,3)42(7,8)40-29-24-30(41-43(9,10)34(4,5)6)27(26(29)20-16-11-12-17-21-31(37)38)22-23-28(36)32(39)35-25-18-14-13-15-19-25/h13-15,18-19,26-30,36H,11-12,16-17,20-24H2,1-10H3,(H,35,39)(H,37,38)/t26-,27-,28?,29+,30?/m1/s1. The molecule has 0 spiro atoms. The molecule has 0 heterocycles. The Bertz CT molecular complexity index is 1020. The Morgan fingerprint density at radius 2 is 1.33 bits per heavy atom. The van der Waals surface area contributed by atoms with E-state index >= 15 is 0 Å². The van der Waals surface area contributed by atoms with E-state index in [0.29, 0.717) is 24.9 Å². The fraction of sp³-hybridized carbons (Fsp3) is 0.765. The molecule has 0 saturated heterocycles. The van der Waals surface area contributed by atoms with E-state index in [1.807, 2.05) is 30.3 Å². The van der Waals surface area contributed by atoms with E-state index in [2.05, 4.69) is 73.0 Å². The number of carbonyl (C=O) groups is 2. The molecule has 1 aromatic carbocycles. The maximum Gasteiger partial charge on any atom is 0.303 e. The molecule has 2 rings (SSSR count). The first kappa shape index (κ1) is 37.7. The van der Waals surface area contributed by atoms with E-state index in [-0.39, 0.29) is 46.4 Å². The van der Waals surface area contributed by atoms with Crippen molar-refractivity contribution in [1.82, 2.24) is 0 Å². The highest BCUT2D eigenvalue weighted by Gasteiger charge is 2.51. The van der Waals surface area contributed by atoms with Crippen LogP contribution >= 0.6 is 0 Å². The van der Waals surface area contributed by atoms with Gasteiger partial charge in [-0.25, -0.2) is 0 Å². The molecule has 1 aromatic rings. The van der Waals surface area contributed by atoms with Crippen LogP contribution in [0.25, 0.3) is 0 Å². The largest absolute Gasteiger partial charge is 0.481 e. The first-order valence-corrected chi connectivity index (χ1v) is 22.2. The Kier molecular flexibility index (Phi) is 13.7. The summed E-state index contributed by atoms with van der Waals surface area (Å²) in [5.74, 6) is -0.691. The molecule has 1 fully saturated rings. The maximum atomic E-state index is 12.9. The summed E-state index contributed by atoms with van der Waals surface area (Å²) in [7, 11) is -4.16. The molecule has 0 aliphatic heterocycles. The van der Waals surface area contributed by atoms with Crippen LogP contribution in [0.2, 0.25) is 36.3 Å². The van der Waals surface area contributed by atoms with Crippen molar-refractivity contribution in [3.8, 4) is 0 Å². The minimum atomic E-state index is -2.10. The molecule has 0 aromatic heterocycles. The molecule has 9 heteroatoms. The number of carbonyl (C=O) groups excluding carboxylic acids is 1. The lowest BCUT2D eigenvalue weighted by molar-refractivity contribution is -0.137. The third-order valence-electron chi connectivity index (χ3n) is 10.3. The van der Waals surface area contributed by atoms with E-state index in [1.54, 1.807) is 0 Å². The van der Waals surface area contributed by atoms with E-state index in [0.717, 1.165) is 32.1 Å². The minimum absolute atomic E-state index is 0.0112. The van der Waals surface area contributed by atoms with Gasteiger partial charge in [0, 0.05) is 12.1 Å². The highest BCUT2D eigenvalue weighted by atomic mass is 28.4. The van der Waals surface area contributed by atoms with Gasteiger partial charge in [0.15, 0.2) is 16.6 Å². The number of amides is 1. The molecule has 0 bridgehead atoms. The van der Waals surface area contributed by atoms with Gasteiger partial charge in [0.25, 0.3) is 5.91 Å². The van der Waals surface area contributed by atoms with Crippen LogP contribution in [0.3, 0.4) is 0 Å². The fourth-order valence-corrected chi connectivity index (χ4v) is 8.31. The third-order valence-corrected chi connectivity index (χ3v) is 19.3. The van der Waals surface area contributed by atoms with Crippen LogP contribution in [0.5, 0.6) is 0 Å². The summed E-state index contributed by atoms with van der Waals surface area (Å²) in [5, 5.41) is 22.9. The Hall–Kier alpha value is -1.53. The number of nitrogens with one attached hydrogen (secondary N) is 1. The van der Waals surface area contributed by atoms with Crippen LogP contribution in [-0.2, 0) is 18.4 Å². The number of hydrogen-bond acceptors (Lipinski definition) is 5. The van der Waals surface area contributed by atoms with Crippen molar-refractivity contribution in [2.24, 2.45) is 11.8 Å². The van der Waals surface area contributed by atoms with Gasteiger partial charge in [0.1, 0.15) is 6.10 Å². The molecule has 7 nitrogen and oxygen atoms in total. The molecule has 3 N–H and O–H groups in total. The van der Waals surface area contributed by atoms with Crippen LogP contribution in [0.15, 0.2) is 30.3 Å². The van der Waals surface area contributed by atoms with Gasteiger partial charge in [-0.15, -0.1) is 0 Å². The zero-order valence-corrected chi connectivity index (χ0v) is 30.7. The molecule has 1 amide bonds. The lowest BCUT2D eigenvalue weighted by Gasteiger charge is -2.40. The molecule has 2 unspecified atom stereocenters. The normalized spacial score (nSPS) is 22.4. The second-order valence-corrected chi connectivity index (χ2v) is 25.2.